The third kappa shape index (κ3) is 7.51. The SMILES string of the molecule is CCCCCCC(C(=O)OC(C)(C)C)C(C)C(=O)OC. The van der Waals surface area contributed by atoms with E-state index in [4.69, 9.17) is 9.47 Å². The Bertz CT molecular complexity index is 304. The average Bonchev–Trinajstić information content (AvgIpc) is 2.34. The van der Waals surface area contributed by atoms with Gasteiger partial charge in [-0.15, -0.1) is 0 Å². The predicted octanol–water partition coefficient (Wildman–Crippen LogP) is 3.72. The fourth-order valence-electron chi connectivity index (χ4n) is 2.09. The monoisotopic (exact) mass is 286 g/mol. The van der Waals surface area contributed by atoms with E-state index in [0.29, 0.717) is 6.42 Å². The van der Waals surface area contributed by atoms with Crippen LogP contribution in [0.15, 0.2) is 0 Å². The summed E-state index contributed by atoms with van der Waals surface area (Å²) in [6.45, 7) is 9.38. The standard InChI is InChI=1S/C16H30O4/c1-7-8-9-10-11-13(12(2)14(17)19-6)15(18)20-16(3,4)5/h12-13H,7-11H2,1-6H3. The maximum Gasteiger partial charge on any atom is 0.310 e. The molecular formula is C16H30O4. The van der Waals surface area contributed by atoms with Gasteiger partial charge < -0.3 is 9.47 Å². The van der Waals surface area contributed by atoms with Crippen molar-refractivity contribution in [1.29, 1.82) is 0 Å². The Morgan fingerprint density at radius 2 is 1.65 bits per heavy atom. The molecular weight excluding hydrogens is 256 g/mol. The van der Waals surface area contributed by atoms with E-state index in [-0.39, 0.29) is 11.9 Å². The van der Waals surface area contributed by atoms with Crippen LogP contribution in [0, 0.1) is 11.8 Å². The molecule has 118 valence electrons. The van der Waals surface area contributed by atoms with Crippen LogP contribution in [0.25, 0.3) is 0 Å². The van der Waals surface area contributed by atoms with Crippen molar-refractivity contribution < 1.29 is 19.1 Å². The second-order valence-corrected chi connectivity index (χ2v) is 6.30. The summed E-state index contributed by atoms with van der Waals surface area (Å²) < 4.78 is 10.2. The Morgan fingerprint density at radius 3 is 2.10 bits per heavy atom. The van der Waals surface area contributed by atoms with Crippen LogP contribution in [-0.4, -0.2) is 24.6 Å². The molecule has 0 aliphatic carbocycles. The molecule has 0 aliphatic rings. The van der Waals surface area contributed by atoms with E-state index in [1.165, 1.54) is 7.11 Å². The molecule has 20 heavy (non-hydrogen) atoms. The molecule has 0 rings (SSSR count). The first-order chi connectivity index (χ1) is 9.22. The maximum absolute atomic E-state index is 12.3. The van der Waals surface area contributed by atoms with Crippen LogP contribution in [0.3, 0.4) is 0 Å². The third-order valence-corrected chi connectivity index (χ3v) is 3.25. The maximum atomic E-state index is 12.3. The molecule has 0 aromatic heterocycles. The number of hydrogen-bond donors (Lipinski definition) is 0. The zero-order valence-electron chi connectivity index (χ0n) is 13.8. The Balaban J connectivity index is 4.69. The Labute approximate surface area is 123 Å². The average molecular weight is 286 g/mol. The molecule has 0 bridgehead atoms. The van der Waals surface area contributed by atoms with Crippen LogP contribution in [0.4, 0.5) is 0 Å². The molecule has 0 saturated heterocycles. The minimum Gasteiger partial charge on any atom is -0.469 e. The second-order valence-electron chi connectivity index (χ2n) is 6.30. The van der Waals surface area contributed by atoms with E-state index in [0.717, 1.165) is 25.7 Å². The topological polar surface area (TPSA) is 52.6 Å². The van der Waals surface area contributed by atoms with Crippen LogP contribution in [0.1, 0.15) is 66.7 Å². The predicted molar refractivity (Wildman–Crippen MR) is 79.3 cm³/mol. The number of carbonyl (C=O) groups excluding carboxylic acids is 2. The van der Waals surface area contributed by atoms with Gasteiger partial charge in [0.1, 0.15) is 5.60 Å². The normalized spacial score (nSPS) is 14.5. The van der Waals surface area contributed by atoms with Crippen LogP contribution in [0.5, 0.6) is 0 Å². The first-order valence-corrected chi connectivity index (χ1v) is 7.53. The highest BCUT2D eigenvalue weighted by molar-refractivity contribution is 5.81. The Morgan fingerprint density at radius 1 is 1.05 bits per heavy atom. The van der Waals surface area contributed by atoms with Crippen LogP contribution >= 0.6 is 0 Å². The fraction of sp³-hybridized carbons (Fsp3) is 0.875. The second kappa shape index (κ2) is 8.98. The van der Waals surface area contributed by atoms with Crippen LogP contribution < -0.4 is 0 Å². The smallest absolute Gasteiger partial charge is 0.310 e. The summed E-state index contributed by atoms with van der Waals surface area (Å²) in [6, 6.07) is 0. The molecule has 2 unspecified atom stereocenters. The lowest BCUT2D eigenvalue weighted by atomic mass is 9.88. The van der Waals surface area contributed by atoms with Gasteiger partial charge in [0.2, 0.25) is 0 Å². The summed E-state index contributed by atoms with van der Waals surface area (Å²) in [4.78, 5) is 23.9. The van der Waals surface area contributed by atoms with Crippen molar-refractivity contribution >= 4 is 11.9 Å². The van der Waals surface area contributed by atoms with Gasteiger partial charge >= 0.3 is 11.9 Å². The van der Waals surface area contributed by atoms with E-state index in [9.17, 15) is 9.59 Å². The van der Waals surface area contributed by atoms with Crippen molar-refractivity contribution in [3.8, 4) is 0 Å². The molecule has 0 amide bonds. The first-order valence-electron chi connectivity index (χ1n) is 7.53. The number of esters is 2. The molecule has 4 heteroatoms. The van der Waals surface area contributed by atoms with Crippen LogP contribution in [-0.2, 0) is 19.1 Å². The quantitative estimate of drug-likeness (QED) is 0.504. The van der Waals surface area contributed by atoms with Gasteiger partial charge in [0.25, 0.3) is 0 Å². The molecule has 4 nitrogen and oxygen atoms in total. The minimum atomic E-state index is -0.533. The molecule has 0 aromatic carbocycles. The fourth-order valence-corrected chi connectivity index (χ4v) is 2.09. The van der Waals surface area contributed by atoms with Crippen molar-refractivity contribution in [2.24, 2.45) is 11.8 Å². The summed E-state index contributed by atoms with van der Waals surface area (Å²) >= 11 is 0. The lowest BCUT2D eigenvalue weighted by Crippen LogP contribution is -2.34. The van der Waals surface area contributed by atoms with Gasteiger partial charge in [-0.05, 0) is 27.2 Å². The van der Waals surface area contributed by atoms with Crippen molar-refractivity contribution in [1.82, 2.24) is 0 Å². The van der Waals surface area contributed by atoms with Crippen molar-refractivity contribution in [2.75, 3.05) is 7.11 Å². The molecule has 0 aromatic rings. The molecule has 0 heterocycles. The van der Waals surface area contributed by atoms with E-state index >= 15 is 0 Å². The molecule has 0 N–H and O–H groups in total. The van der Waals surface area contributed by atoms with Gasteiger partial charge in [-0.3, -0.25) is 9.59 Å². The highest BCUT2D eigenvalue weighted by Gasteiger charge is 2.33. The first kappa shape index (κ1) is 18.9. The third-order valence-electron chi connectivity index (χ3n) is 3.25. The highest BCUT2D eigenvalue weighted by atomic mass is 16.6. The van der Waals surface area contributed by atoms with Crippen LogP contribution in [0.2, 0.25) is 0 Å². The van der Waals surface area contributed by atoms with E-state index in [1.54, 1.807) is 6.92 Å². The van der Waals surface area contributed by atoms with Crippen molar-refractivity contribution in [2.45, 2.75) is 72.3 Å². The molecule has 2 atom stereocenters. The minimum absolute atomic E-state index is 0.299. The molecule has 0 radical (unpaired) electrons. The van der Waals surface area contributed by atoms with E-state index in [2.05, 4.69) is 6.92 Å². The summed E-state index contributed by atoms with van der Waals surface area (Å²) in [5, 5.41) is 0. The lowest BCUT2D eigenvalue weighted by molar-refractivity contribution is -0.167. The van der Waals surface area contributed by atoms with Gasteiger partial charge in [-0.25, -0.2) is 0 Å². The molecule has 0 saturated carbocycles. The number of ether oxygens (including phenoxy) is 2. The number of methoxy groups -OCH3 is 1. The van der Waals surface area contributed by atoms with Gasteiger partial charge in [-0.2, -0.15) is 0 Å². The number of hydrogen-bond acceptors (Lipinski definition) is 4. The highest BCUT2D eigenvalue weighted by Crippen LogP contribution is 2.24. The molecule has 0 spiro atoms. The van der Waals surface area contributed by atoms with Crippen molar-refractivity contribution in [3.63, 3.8) is 0 Å². The summed E-state index contributed by atoms with van der Waals surface area (Å²) in [6.07, 6.45) is 4.96. The molecule has 0 fully saturated rings. The van der Waals surface area contributed by atoms with Gasteiger partial charge in [0, 0.05) is 0 Å². The van der Waals surface area contributed by atoms with Gasteiger partial charge in [0.15, 0.2) is 0 Å². The van der Waals surface area contributed by atoms with Gasteiger partial charge in [-0.1, -0.05) is 39.5 Å². The zero-order chi connectivity index (χ0) is 15.8. The summed E-state index contributed by atoms with van der Waals surface area (Å²) in [5.41, 5.74) is -0.533. The van der Waals surface area contributed by atoms with E-state index < -0.39 is 17.4 Å². The number of unbranched alkanes of at least 4 members (excludes halogenated alkanes) is 3. The Kier molecular flexibility index (Phi) is 8.51. The molecule has 0 aliphatic heterocycles. The summed E-state index contributed by atoms with van der Waals surface area (Å²) in [7, 11) is 1.35. The number of rotatable bonds is 8. The zero-order valence-corrected chi connectivity index (χ0v) is 13.8. The number of carbonyl (C=O) groups is 2. The van der Waals surface area contributed by atoms with Gasteiger partial charge in [0.05, 0.1) is 18.9 Å². The lowest BCUT2D eigenvalue weighted by Gasteiger charge is -2.26. The summed E-state index contributed by atoms with van der Waals surface area (Å²) in [5.74, 6) is -1.53. The van der Waals surface area contributed by atoms with E-state index in [1.807, 2.05) is 20.8 Å². The largest absolute Gasteiger partial charge is 0.469 e. The Hall–Kier alpha value is -1.06. The van der Waals surface area contributed by atoms with Crippen molar-refractivity contribution in [3.05, 3.63) is 0 Å².